The summed E-state index contributed by atoms with van der Waals surface area (Å²) >= 11 is 12.1. The van der Waals surface area contributed by atoms with Crippen molar-refractivity contribution >= 4 is 34.1 Å². The molecule has 0 unspecified atom stereocenters. The lowest BCUT2D eigenvalue weighted by Crippen LogP contribution is -2.06. The Kier molecular flexibility index (Phi) is 4.99. The summed E-state index contributed by atoms with van der Waals surface area (Å²) in [6.07, 6.45) is 1.36. The molecule has 1 aromatic heterocycles. The smallest absolute Gasteiger partial charge is 0.258 e. The second-order valence-electron chi connectivity index (χ2n) is 4.09. The fourth-order valence-electron chi connectivity index (χ4n) is 1.94. The molecule has 2 aromatic carbocycles. The van der Waals surface area contributed by atoms with Crippen LogP contribution in [0.5, 0.6) is 0 Å². The van der Waals surface area contributed by atoms with Gasteiger partial charge in [-0.05, 0) is 29.8 Å². The van der Waals surface area contributed by atoms with Gasteiger partial charge in [0.25, 0.3) is 5.56 Å². The molecular weight excluding hydrogens is 307 g/mol. The molecule has 108 valence electrons. The van der Waals surface area contributed by atoms with Crippen molar-refractivity contribution in [3.8, 4) is 11.1 Å². The molecule has 0 atom stereocenters. The second kappa shape index (κ2) is 6.74. The second-order valence-corrected chi connectivity index (χ2v) is 4.93. The lowest BCUT2D eigenvalue weighted by Gasteiger charge is -2.06. The standard InChI is InChI=1S/C14H8Cl2N2O.C2H6/c15-9-3-1-8(2-4-9)10-5-11-13(6-12(10)16)17-7-18-14(11)19;1-2/h1-7H,(H,17,18,19);1-2H3. The molecule has 0 bridgehead atoms. The quantitative estimate of drug-likeness (QED) is 0.691. The van der Waals surface area contributed by atoms with E-state index in [0.717, 1.165) is 11.1 Å². The molecule has 0 radical (unpaired) electrons. The van der Waals surface area contributed by atoms with Gasteiger partial charge >= 0.3 is 0 Å². The molecule has 0 saturated heterocycles. The van der Waals surface area contributed by atoms with Crippen LogP contribution in [0.25, 0.3) is 22.0 Å². The van der Waals surface area contributed by atoms with E-state index in [9.17, 15) is 4.79 Å². The van der Waals surface area contributed by atoms with Crippen LogP contribution in [0.2, 0.25) is 10.0 Å². The van der Waals surface area contributed by atoms with Crippen molar-refractivity contribution in [3.05, 3.63) is 63.1 Å². The van der Waals surface area contributed by atoms with Gasteiger partial charge in [-0.15, -0.1) is 0 Å². The number of nitrogens with zero attached hydrogens (tertiary/aromatic N) is 1. The third-order valence-corrected chi connectivity index (χ3v) is 3.45. The fraction of sp³-hybridized carbons (Fsp3) is 0.125. The van der Waals surface area contributed by atoms with E-state index in [1.54, 1.807) is 24.3 Å². The Balaban J connectivity index is 0.000000774. The number of hydrogen-bond donors (Lipinski definition) is 1. The molecule has 3 aromatic rings. The van der Waals surface area contributed by atoms with E-state index in [1.165, 1.54) is 6.33 Å². The van der Waals surface area contributed by atoms with E-state index in [2.05, 4.69) is 9.97 Å². The molecule has 0 amide bonds. The topological polar surface area (TPSA) is 45.8 Å². The Morgan fingerprint density at radius 2 is 1.71 bits per heavy atom. The van der Waals surface area contributed by atoms with Gasteiger partial charge < -0.3 is 4.98 Å². The average molecular weight is 321 g/mol. The number of fused-ring (bicyclic) bond motifs is 1. The maximum Gasteiger partial charge on any atom is 0.258 e. The van der Waals surface area contributed by atoms with Gasteiger partial charge in [-0.1, -0.05) is 49.2 Å². The van der Waals surface area contributed by atoms with E-state index in [4.69, 9.17) is 23.2 Å². The van der Waals surface area contributed by atoms with Crippen molar-refractivity contribution in [3.63, 3.8) is 0 Å². The highest BCUT2D eigenvalue weighted by atomic mass is 35.5. The fourth-order valence-corrected chi connectivity index (χ4v) is 2.33. The molecule has 0 fully saturated rings. The van der Waals surface area contributed by atoms with Gasteiger partial charge in [0.15, 0.2) is 0 Å². The first kappa shape index (κ1) is 15.5. The van der Waals surface area contributed by atoms with Gasteiger partial charge in [-0.3, -0.25) is 4.79 Å². The minimum Gasteiger partial charge on any atom is -0.313 e. The summed E-state index contributed by atoms with van der Waals surface area (Å²) in [6.45, 7) is 4.00. The highest BCUT2D eigenvalue weighted by Gasteiger charge is 2.08. The van der Waals surface area contributed by atoms with Crippen LogP contribution in [-0.2, 0) is 0 Å². The molecule has 0 aliphatic heterocycles. The van der Waals surface area contributed by atoms with Gasteiger partial charge in [0.05, 0.1) is 22.3 Å². The van der Waals surface area contributed by atoms with Crippen molar-refractivity contribution < 1.29 is 0 Å². The number of benzene rings is 2. The van der Waals surface area contributed by atoms with Crippen LogP contribution in [0.1, 0.15) is 13.8 Å². The zero-order valence-electron chi connectivity index (χ0n) is 11.7. The van der Waals surface area contributed by atoms with E-state index < -0.39 is 0 Å². The van der Waals surface area contributed by atoms with Crippen LogP contribution in [0.3, 0.4) is 0 Å². The van der Waals surface area contributed by atoms with Crippen LogP contribution >= 0.6 is 23.2 Å². The number of aromatic amines is 1. The molecule has 1 N–H and O–H groups in total. The summed E-state index contributed by atoms with van der Waals surface area (Å²) in [5.74, 6) is 0. The van der Waals surface area contributed by atoms with Gasteiger partial charge in [0.2, 0.25) is 0 Å². The third-order valence-electron chi connectivity index (χ3n) is 2.88. The van der Waals surface area contributed by atoms with Gasteiger partial charge in [0, 0.05) is 10.6 Å². The van der Waals surface area contributed by atoms with Gasteiger partial charge in [0.1, 0.15) is 0 Å². The van der Waals surface area contributed by atoms with Crippen LogP contribution in [0, 0.1) is 0 Å². The maximum absolute atomic E-state index is 11.8. The summed E-state index contributed by atoms with van der Waals surface area (Å²) in [7, 11) is 0. The third kappa shape index (κ3) is 3.26. The average Bonchev–Trinajstić information content (AvgIpc) is 2.50. The summed E-state index contributed by atoms with van der Waals surface area (Å²) in [5.41, 5.74) is 2.08. The molecule has 0 spiro atoms. The number of halogens is 2. The summed E-state index contributed by atoms with van der Waals surface area (Å²) in [6, 6.07) is 10.7. The van der Waals surface area contributed by atoms with Crippen molar-refractivity contribution in [1.29, 1.82) is 0 Å². The Bertz CT molecular complexity index is 811. The number of nitrogens with one attached hydrogen (secondary N) is 1. The van der Waals surface area contributed by atoms with Crippen molar-refractivity contribution in [2.75, 3.05) is 0 Å². The zero-order valence-corrected chi connectivity index (χ0v) is 13.2. The molecular formula is C16H14Cl2N2O. The van der Waals surface area contributed by atoms with Gasteiger partial charge in [-0.2, -0.15) is 0 Å². The Hall–Kier alpha value is -1.84. The van der Waals surface area contributed by atoms with Crippen molar-refractivity contribution in [2.45, 2.75) is 13.8 Å². The monoisotopic (exact) mass is 320 g/mol. The highest BCUT2D eigenvalue weighted by Crippen LogP contribution is 2.31. The van der Waals surface area contributed by atoms with E-state index in [-0.39, 0.29) is 5.56 Å². The van der Waals surface area contributed by atoms with Crippen LogP contribution in [0.4, 0.5) is 0 Å². The molecule has 3 rings (SSSR count). The first-order valence-corrected chi connectivity index (χ1v) is 7.33. The van der Waals surface area contributed by atoms with Crippen molar-refractivity contribution in [2.24, 2.45) is 0 Å². The van der Waals surface area contributed by atoms with Gasteiger partial charge in [-0.25, -0.2) is 4.98 Å². The molecule has 21 heavy (non-hydrogen) atoms. The predicted octanol–water partition coefficient (Wildman–Crippen LogP) is 4.92. The first-order valence-electron chi connectivity index (χ1n) is 6.58. The predicted molar refractivity (Wildman–Crippen MR) is 89.2 cm³/mol. The number of H-pyrrole nitrogens is 1. The van der Waals surface area contributed by atoms with Crippen molar-refractivity contribution in [1.82, 2.24) is 9.97 Å². The molecule has 0 aliphatic rings. The normalized spacial score (nSPS) is 10.1. The minimum absolute atomic E-state index is 0.183. The molecule has 1 heterocycles. The Labute approximate surface area is 132 Å². The largest absolute Gasteiger partial charge is 0.313 e. The SMILES string of the molecule is CC.O=c1[nH]cnc2cc(Cl)c(-c3ccc(Cl)cc3)cc12. The summed E-state index contributed by atoms with van der Waals surface area (Å²) < 4.78 is 0. The first-order chi connectivity index (χ1) is 10.1. The van der Waals surface area contributed by atoms with E-state index in [0.29, 0.717) is 20.9 Å². The molecule has 0 saturated carbocycles. The number of aromatic nitrogens is 2. The van der Waals surface area contributed by atoms with E-state index >= 15 is 0 Å². The lowest BCUT2D eigenvalue weighted by molar-refractivity contribution is 1.17. The van der Waals surface area contributed by atoms with Crippen LogP contribution < -0.4 is 5.56 Å². The zero-order chi connectivity index (χ0) is 15.4. The van der Waals surface area contributed by atoms with Crippen LogP contribution in [-0.4, -0.2) is 9.97 Å². The summed E-state index contributed by atoms with van der Waals surface area (Å²) in [4.78, 5) is 18.4. The molecule has 3 nitrogen and oxygen atoms in total. The molecule has 5 heteroatoms. The number of hydrogen-bond acceptors (Lipinski definition) is 2. The summed E-state index contributed by atoms with van der Waals surface area (Å²) in [5, 5.41) is 1.71. The Morgan fingerprint density at radius 1 is 1.05 bits per heavy atom. The Morgan fingerprint density at radius 3 is 2.38 bits per heavy atom. The van der Waals surface area contributed by atoms with Crippen LogP contribution in [0.15, 0.2) is 47.5 Å². The number of rotatable bonds is 1. The minimum atomic E-state index is -0.183. The highest BCUT2D eigenvalue weighted by molar-refractivity contribution is 6.34. The van der Waals surface area contributed by atoms with E-state index in [1.807, 2.05) is 26.0 Å². The molecule has 0 aliphatic carbocycles. The lowest BCUT2D eigenvalue weighted by atomic mass is 10.0. The maximum atomic E-state index is 11.8.